The van der Waals surface area contributed by atoms with E-state index in [0.717, 1.165) is 3.57 Å². The van der Waals surface area contributed by atoms with Crippen molar-refractivity contribution in [1.82, 2.24) is 0 Å². The van der Waals surface area contributed by atoms with Gasteiger partial charge in [-0.2, -0.15) is 0 Å². The van der Waals surface area contributed by atoms with Crippen molar-refractivity contribution in [1.29, 1.82) is 0 Å². The van der Waals surface area contributed by atoms with Crippen molar-refractivity contribution in [2.75, 3.05) is 6.61 Å². The van der Waals surface area contributed by atoms with Crippen molar-refractivity contribution in [3.63, 3.8) is 0 Å². The average Bonchev–Trinajstić information content (AvgIpc) is 2.53. The van der Waals surface area contributed by atoms with Gasteiger partial charge in [0.1, 0.15) is 5.75 Å². The molecule has 9 heteroatoms. The van der Waals surface area contributed by atoms with Crippen LogP contribution in [-0.4, -0.2) is 49.1 Å². The van der Waals surface area contributed by atoms with Gasteiger partial charge in [0.2, 0.25) is 12.4 Å². The van der Waals surface area contributed by atoms with Crippen LogP contribution in [0.3, 0.4) is 0 Å². The number of halogens is 1. The van der Waals surface area contributed by atoms with E-state index < -0.39 is 42.5 Å². The summed E-state index contributed by atoms with van der Waals surface area (Å²) in [5, 5.41) is 0. The van der Waals surface area contributed by atoms with Gasteiger partial charge in [-0.3, -0.25) is 14.4 Å². The molecule has 1 aromatic carbocycles. The van der Waals surface area contributed by atoms with Gasteiger partial charge in [0.25, 0.3) is 0 Å². The van der Waals surface area contributed by atoms with Crippen LogP contribution >= 0.6 is 22.6 Å². The Morgan fingerprint density at radius 2 is 1.46 bits per heavy atom. The highest BCUT2D eigenvalue weighted by molar-refractivity contribution is 14.1. The number of benzene rings is 1. The van der Waals surface area contributed by atoms with Crippen molar-refractivity contribution in [3.05, 3.63) is 27.8 Å². The van der Waals surface area contributed by atoms with Crippen molar-refractivity contribution < 1.29 is 38.1 Å². The molecule has 1 aliphatic rings. The first-order chi connectivity index (χ1) is 12.3. The molecule has 26 heavy (non-hydrogen) atoms. The van der Waals surface area contributed by atoms with Crippen molar-refractivity contribution in [2.24, 2.45) is 0 Å². The summed E-state index contributed by atoms with van der Waals surface area (Å²) in [7, 11) is 0. The number of esters is 3. The number of ether oxygens (including phenoxy) is 5. The van der Waals surface area contributed by atoms with Gasteiger partial charge >= 0.3 is 17.9 Å². The van der Waals surface area contributed by atoms with E-state index >= 15 is 0 Å². The Morgan fingerprint density at radius 3 is 2.00 bits per heavy atom. The molecule has 1 aromatic rings. The van der Waals surface area contributed by atoms with Gasteiger partial charge in [-0.25, -0.2) is 0 Å². The van der Waals surface area contributed by atoms with Gasteiger partial charge in [-0.1, -0.05) is 0 Å². The van der Waals surface area contributed by atoms with E-state index in [0.29, 0.717) is 5.75 Å². The highest BCUT2D eigenvalue weighted by atomic mass is 127. The first-order valence-electron chi connectivity index (χ1n) is 7.81. The summed E-state index contributed by atoms with van der Waals surface area (Å²) >= 11 is 2.16. The lowest BCUT2D eigenvalue weighted by molar-refractivity contribution is -0.259. The third kappa shape index (κ3) is 5.84. The molecular weight excluding hydrogens is 459 g/mol. The molecule has 0 bridgehead atoms. The van der Waals surface area contributed by atoms with Crippen molar-refractivity contribution >= 4 is 40.5 Å². The van der Waals surface area contributed by atoms with Crippen LogP contribution in [0, 0.1) is 3.57 Å². The maximum absolute atomic E-state index is 11.5. The van der Waals surface area contributed by atoms with Crippen LogP contribution in [0.4, 0.5) is 0 Å². The molecule has 8 nitrogen and oxygen atoms in total. The van der Waals surface area contributed by atoms with Gasteiger partial charge in [0.05, 0.1) is 6.61 Å². The van der Waals surface area contributed by atoms with Crippen LogP contribution in [0.15, 0.2) is 24.3 Å². The summed E-state index contributed by atoms with van der Waals surface area (Å²) in [5.74, 6) is -1.32. The van der Waals surface area contributed by atoms with E-state index in [-0.39, 0.29) is 6.61 Å². The summed E-state index contributed by atoms with van der Waals surface area (Å²) < 4.78 is 28.0. The van der Waals surface area contributed by atoms with E-state index in [1.807, 2.05) is 12.1 Å². The zero-order valence-electron chi connectivity index (χ0n) is 14.5. The maximum Gasteiger partial charge on any atom is 0.303 e. The molecule has 1 fully saturated rings. The van der Waals surface area contributed by atoms with Crippen LogP contribution in [0.1, 0.15) is 20.8 Å². The third-order valence-corrected chi connectivity index (χ3v) is 4.09. The van der Waals surface area contributed by atoms with E-state index in [2.05, 4.69) is 22.6 Å². The summed E-state index contributed by atoms with van der Waals surface area (Å²) in [5.41, 5.74) is 0. The summed E-state index contributed by atoms with van der Waals surface area (Å²) in [4.78, 5) is 34.3. The quantitative estimate of drug-likeness (QED) is 0.359. The molecule has 0 saturated carbocycles. The van der Waals surface area contributed by atoms with E-state index in [9.17, 15) is 14.4 Å². The molecule has 142 valence electrons. The second kappa shape index (κ2) is 9.17. The lowest BCUT2D eigenvalue weighted by atomic mass is 10.0. The molecule has 1 saturated heterocycles. The zero-order valence-corrected chi connectivity index (χ0v) is 16.6. The fourth-order valence-corrected chi connectivity index (χ4v) is 2.82. The largest absolute Gasteiger partial charge is 0.461 e. The predicted molar refractivity (Wildman–Crippen MR) is 96.2 cm³/mol. The van der Waals surface area contributed by atoms with Crippen molar-refractivity contribution in [3.8, 4) is 5.75 Å². The Balaban J connectivity index is 2.25. The first-order valence-corrected chi connectivity index (χ1v) is 8.89. The number of hydrogen-bond acceptors (Lipinski definition) is 8. The SMILES string of the molecule is CC(=O)O[C@@H]1[C@@H](OC(C)=O)[C@@H](Oc2ccc(I)cc2)OC[C@H]1OC(C)=O. The highest BCUT2D eigenvalue weighted by Gasteiger charge is 2.48. The smallest absolute Gasteiger partial charge is 0.303 e. The molecular formula is C17H19IO8. The Morgan fingerprint density at radius 1 is 0.923 bits per heavy atom. The van der Waals surface area contributed by atoms with Crippen LogP contribution in [0.2, 0.25) is 0 Å². The minimum Gasteiger partial charge on any atom is -0.461 e. The Labute approximate surface area is 164 Å². The third-order valence-electron chi connectivity index (χ3n) is 3.37. The van der Waals surface area contributed by atoms with E-state index in [4.69, 9.17) is 23.7 Å². The Kier molecular flexibility index (Phi) is 7.21. The van der Waals surface area contributed by atoms with Gasteiger partial charge in [-0.15, -0.1) is 0 Å². The number of carbonyl (C=O) groups is 3. The standard InChI is InChI=1S/C17H19IO8/c1-9(19)23-14-8-22-17(26-13-6-4-12(18)5-7-13)16(25-11(3)21)15(14)24-10(2)20/h4-7,14-17H,8H2,1-3H3/t14-,15+,16-,17-/m1/s1. The fourth-order valence-electron chi connectivity index (χ4n) is 2.46. The lowest BCUT2D eigenvalue weighted by Gasteiger charge is -2.40. The minimum absolute atomic E-state index is 0.0790. The Bertz CT molecular complexity index is 659. The molecule has 0 N–H and O–H groups in total. The summed E-state index contributed by atoms with van der Waals surface area (Å²) in [6.45, 7) is 3.56. The highest BCUT2D eigenvalue weighted by Crippen LogP contribution is 2.27. The van der Waals surface area contributed by atoms with Crippen LogP contribution in [0.5, 0.6) is 5.75 Å². The van der Waals surface area contributed by atoms with Gasteiger partial charge in [0, 0.05) is 24.3 Å². The number of rotatable bonds is 5. The van der Waals surface area contributed by atoms with Gasteiger partial charge in [-0.05, 0) is 46.9 Å². The monoisotopic (exact) mass is 478 g/mol. The minimum atomic E-state index is -1.10. The van der Waals surface area contributed by atoms with Crippen LogP contribution < -0.4 is 4.74 Å². The second-order valence-corrected chi connectivity index (χ2v) is 6.82. The van der Waals surface area contributed by atoms with E-state index in [1.54, 1.807) is 12.1 Å². The topological polar surface area (TPSA) is 97.4 Å². The molecule has 4 atom stereocenters. The molecule has 0 unspecified atom stereocenters. The molecule has 0 radical (unpaired) electrons. The van der Waals surface area contributed by atoms with E-state index in [1.165, 1.54) is 20.8 Å². The summed E-state index contributed by atoms with van der Waals surface area (Å²) in [6.07, 6.45) is -4.11. The summed E-state index contributed by atoms with van der Waals surface area (Å²) in [6, 6.07) is 7.14. The lowest BCUT2D eigenvalue weighted by Crippen LogP contribution is -2.59. The second-order valence-electron chi connectivity index (χ2n) is 5.57. The van der Waals surface area contributed by atoms with Crippen LogP contribution in [-0.2, 0) is 33.3 Å². The molecule has 1 aliphatic heterocycles. The zero-order chi connectivity index (χ0) is 19.3. The molecule has 0 amide bonds. The average molecular weight is 478 g/mol. The molecule has 0 aliphatic carbocycles. The maximum atomic E-state index is 11.5. The molecule has 0 aromatic heterocycles. The normalized spacial score (nSPS) is 25.1. The number of hydrogen-bond donors (Lipinski definition) is 0. The molecule has 2 rings (SSSR count). The van der Waals surface area contributed by atoms with Crippen molar-refractivity contribution in [2.45, 2.75) is 45.4 Å². The fraction of sp³-hybridized carbons (Fsp3) is 0.471. The van der Waals surface area contributed by atoms with Crippen LogP contribution in [0.25, 0.3) is 0 Å². The van der Waals surface area contributed by atoms with Gasteiger partial charge in [0.15, 0.2) is 12.2 Å². The molecule has 0 spiro atoms. The first kappa shape index (κ1) is 20.4. The van der Waals surface area contributed by atoms with Gasteiger partial charge < -0.3 is 23.7 Å². The Hall–Kier alpha value is -1.88. The predicted octanol–water partition coefficient (Wildman–Crippen LogP) is 1.82. The molecule has 1 heterocycles. The number of carbonyl (C=O) groups excluding carboxylic acids is 3.